The van der Waals surface area contributed by atoms with Gasteiger partial charge in [-0.2, -0.15) is 4.98 Å². The Bertz CT molecular complexity index is 690. The summed E-state index contributed by atoms with van der Waals surface area (Å²) in [7, 11) is 0. The smallest absolute Gasteiger partial charge is 0.326 e. The first-order valence-electron chi connectivity index (χ1n) is 7.46. The molecule has 0 aromatic carbocycles. The van der Waals surface area contributed by atoms with E-state index in [-0.39, 0.29) is 24.8 Å². The molecule has 0 bridgehead atoms. The topological polar surface area (TPSA) is 110 Å². The van der Waals surface area contributed by atoms with Crippen molar-refractivity contribution in [1.82, 2.24) is 15.0 Å². The Hall–Kier alpha value is -2.64. The normalized spacial score (nSPS) is 15.3. The van der Waals surface area contributed by atoms with Crippen LogP contribution in [0.2, 0.25) is 0 Å². The average molecular weight is 319 g/mol. The van der Waals surface area contributed by atoms with Crippen LogP contribution >= 0.6 is 0 Å². The van der Waals surface area contributed by atoms with Crippen LogP contribution in [-0.2, 0) is 16.0 Å². The molecule has 23 heavy (non-hydrogen) atoms. The van der Waals surface area contributed by atoms with E-state index in [4.69, 9.17) is 14.0 Å². The molecule has 0 aliphatic heterocycles. The Labute approximate surface area is 132 Å². The van der Waals surface area contributed by atoms with E-state index in [2.05, 4.69) is 10.1 Å². The first kappa shape index (κ1) is 15.3. The van der Waals surface area contributed by atoms with Crippen LogP contribution < -0.4 is 0 Å². The van der Waals surface area contributed by atoms with Gasteiger partial charge in [0.05, 0.1) is 6.26 Å². The largest absolute Gasteiger partial charge is 0.480 e. The summed E-state index contributed by atoms with van der Waals surface area (Å²) >= 11 is 0. The molecule has 122 valence electrons. The van der Waals surface area contributed by atoms with Gasteiger partial charge in [-0.15, -0.1) is 0 Å². The zero-order valence-electron chi connectivity index (χ0n) is 12.6. The van der Waals surface area contributed by atoms with E-state index >= 15 is 0 Å². The van der Waals surface area contributed by atoms with Crippen LogP contribution in [0.4, 0.5) is 0 Å². The first-order chi connectivity index (χ1) is 11.1. The van der Waals surface area contributed by atoms with Crippen molar-refractivity contribution >= 4 is 11.9 Å². The molecule has 3 rings (SSSR count). The van der Waals surface area contributed by atoms with Gasteiger partial charge < -0.3 is 18.9 Å². The molecule has 1 saturated carbocycles. The number of carboxylic acid groups (broad SMARTS) is 1. The highest BCUT2D eigenvalue weighted by atomic mass is 16.5. The van der Waals surface area contributed by atoms with Crippen LogP contribution in [0.5, 0.6) is 0 Å². The van der Waals surface area contributed by atoms with Crippen molar-refractivity contribution in [1.29, 1.82) is 0 Å². The standard InChI is InChI=1S/C15H17N3O5/c1-9(15(20)21)18(10-4-5-10)13(19)7-6-12-16-14(17-23-12)11-3-2-8-22-11/h2-3,8-10H,4-7H2,1H3,(H,20,21). The Morgan fingerprint density at radius 2 is 2.26 bits per heavy atom. The molecule has 0 saturated heterocycles. The van der Waals surface area contributed by atoms with Gasteiger partial charge in [-0.1, -0.05) is 5.16 Å². The number of aryl methyl sites for hydroxylation is 1. The molecule has 2 heterocycles. The molecule has 8 heteroatoms. The number of aliphatic carboxylic acids is 1. The molecule has 2 aromatic rings. The molecule has 1 N–H and O–H groups in total. The van der Waals surface area contributed by atoms with Crippen LogP contribution in [0.1, 0.15) is 32.1 Å². The third-order valence-electron chi connectivity index (χ3n) is 3.77. The third-order valence-corrected chi connectivity index (χ3v) is 3.77. The van der Waals surface area contributed by atoms with Crippen molar-refractivity contribution in [2.45, 2.75) is 44.7 Å². The fourth-order valence-electron chi connectivity index (χ4n) is 2.41. The molecule has 1 aliphatic carbocycles. The molecule has 2 aromatic heterocycles. The number of rotatable bonds is 7. The molecule has 1 atom stereocenters. The maximum Gasteiger partial charge on any atom is 0.326 e. The van der Waals surface area contributed by atoms with Gasteiger partial charge in [0.25, 0.3) is 0 Å². The SMILES string of the molecule is CC(C(=O)O)N(C(=O)CCc1nc(-c2ccco2)no1)C1CC1. The number of furan rings is 1. The highest BCUT2D eigenvalue weighted by Crippen LogP contribution is 2.29. The minimum atomic E-state index is -0.997. The second-order valence-electron chi connectivity index (χ2n) is 5.54. The Morgan fingerprint density at radius 3 is 2.87 bits per heavy atom. The molecule has 8 nitrogen and oxygen atoms in total. The van der Waals surface area contributed by atoms with Gasteiger partial charge in [-0.25, -0.2) is 4.79 Å². The zero-order valence-corrected chi connectivity index (χ0v) is 12.6. The highest BCUT2D eigenvalue weighted by Gasteiger charge is 2.38. The van der Waals surface area contributed by atoms with E-state index in [1.807, 2.05) is 0 Å². The molecule has 1 aliphatic rings. The number of carbonyl (C=O) groups excluding carboxylic acids is 1. The maximum atomic E-state index is 12.3. The quantitative estimate of drug-likeness (QED) is 0.827. The minimum Gasteiger partial charge on any atom is -0.480 e. The van der Waals surface area contributed by atoms with Crippen molar-refractivity contribution in [3.63, 3.8) is 0 Å². The van der Waals surface area contributed by atoms with Gasteiger partial charge in [-0.05, 0) is 31.9 Å². The summed E-state index contributed by atoms with van der Waals surface area (Å²) < 4.78 is 10.3. The van der Waals surface area contributed by atoms with Crippen LogP contribution in [0.25, 0.3) is 11.6 Å². The van der Waals surface area contributed by atoms with E-state index < -0.39 is 12.0 Å². The summed E-state index contributed by atoms with van der Waals surface area (Å²) in [5.41, 5.74) is 0. The Morgan fingerprint density at radius 1 is 1.48 bits per heavy atom. The minimum absolute atomic E-state index is 0.0370. The lowest BCUT2D eigenvalue weighted by atomic mass is 10.2. The van der Waals surface area contributed by atoms with E-state index in [0.717, 1.165) is 12.8 Å². The molecular weight excluding hydrogens is 302 g/mol. The lowest BCUT2D eigenvalue weighted by Crippen LogP contribution is -2.44. The highest BCUT2D eigenvalue weighted by molar-refractivity contribution is 5.84. The lowest BCUT2D eigenvalue weighted by molar-refractivity contribution is -0.150. The number of hydrogen-bond acceptors (Lipinski definition) is 6. The fraction of sp³-hybridized carbons (Fsp3) is 0.467. The van der Waals surface area contributed by atoms with Gasteiger partial charge in [0.1, 0.15) is 6.04 Å². The Balaban J connectivity index is 1.61. The summed E-state index contributed by atoms with van der Waals surface area (Å²) in [6, 6.07) is 2.64. The number of carboxylic acids is 1. The predicted molar refractivity (Wildman–Crippen MR) is 77.3 cm³/mol. The van der Waals surface area contributed by atoms with Crippen molar-refractivity contribution in [3.05, 3.63) is 24.3 Å². The molecule has 1 fully saturated rings. The van der Waals surface area contributed by atoms with Crippen molar-refractivity contribution in [3.8, 4) is 11.6 Å². The van der Waals surface area contributed by atoms with E-state index in [9.17, 15) is 9.59 Å². The van der Waals surface area contributed by atoms with Gasteiger partial charge in [0, 0.05) is 18.9 Å². The van der Waals surface area contributed by atoms with Gasteiger partial charge in [0.2, 0.25) is 17.6 Å². The predicted octanol–water partition coefficient (Wildman–Crippen LogP) is 1.73. The van der Waals surface area contributed by atoms with E-state index in [1.165, 1.54) is 18.1 Å². The monoisotopic (exact) mass is 319 g/mol. The average Bonchev–Trinajstić information content (AvgIpc) is 3.04. The number of hydrogen-bond donors (Lipinski definition) is 1. The van der Waals surface area contributed by atoms with Crippen molar-refractivity contribution < 1.29 is 23.6 Å². The second kappa shape index (κ2) is 6.23. The van der Waals surface area contributed by atoms with E-state index in [0.29, 0.717) is 17.5 Å². The summed E-state index contributed by atoms with van der Waals surface area (Å²) in [6.45, 7) is 1.53. The van der Waals surface area contributed by atoms with Gasteiger partial charge in [0.15, 0.2) is 5.76 Å². The summed E-state index contributed by atoms with van der Waals surface area (Å²) in [4.78, 5) is 29.1. The van der Waals surface area contributed by atoms with Crippen molar-refractivity contribution in [2.75, 3.05) is 0 Å². The van der Waals surface area contributed by atoms with Crippen molar-refractivity contribution in [2.24, 2.45) is 0 Å². The first-order valence-corrected chi connectivity index (χ1v) is 7.46. The second-order valence-corrected chi connectivity index (χ2v) is 5.54. The van der Waals surface area contributed by atoms with Crippen LogP contribution in [-0.4, -0.2) is 44.1 Å². The molecule has 0 spiro atoms. The molecule has 0 radical (unpaired) electrons. The number of nitrogens with zero attached hydrogens (tertiary/aromatic N) is 3. The summed E-state index contributed by atoms with van der Waals surface area (Å²) in [5.74, 6) is -0.0624. The fourth-order valence-corrected chi connectivity index (χ4v) is 2.41. The number of aromatic nitrogens is 2. The number of amides is 1. The van der Waals surface area contributed by atoms with Crippen LogP contribution in [0.3, 0.4) is 0 Å². The maximum absolute atomic E-state index is 12.3. The molecular formula is C15H17N3O5. The molecule has 1 unspecified atom stereocenters. The van der Waals surface area contributed by atoms with Gasteiger partial charge >= 0.3 is 5.97 Å². The van der Waals surface area contributed by atoms with Crippen LogP contribution in [0.15, 0.2) is 27.3 Å². The third kappa shape index (κ3) is 3.41. The lowest BCUT2D eigenvalue weighted by Gasteiger charge is -2.26. The van der Waals surface area contributed by atoms with Gasteiger partial charge in [-0.3, -0.25) is 4.79 Å². The zero-order chi connectivity index (χ0) is 16.4. The molecule has 1 amide bonds. The summed E-state index contributed by atoms with van der Waals surface area (Å²) in [5, 5.41) is 12.9. The van der Waals surface area contributed by atoms with Crippen LogP contribution in [0, 0.1) is 0 Å². The summed E-state index contributed by atoms with van der Waals surface area (Å²) in [6.07, 6.45) is 3.62. The Kier molecular flexibility index (Phi) is 4.14. The van der Waals surface area contributed by atoms with E-state index in [1.54, 1.807) is 12.1 Å². The number of carbonyl (C=O) groups is 2.